The maximum Gasteiger partial charge on any atom is 0.234 e. The Kier molecular flexibility index (Phi) is 6.99. The van der Waals surface area contributed by atoms with Crippen molar-refractivity contribution in [3.05, 3.63) is 35.6 Å². The summed E-state index contributed by atoms with van der Waals surface area (Å²) in [4.78, 5) is 14.2. The van der Waals surface area contributed by atoms with Crippen LogP contribution in [0.2, 0.25) is 0 Å². The molecule has 2 rings (SSSR count). The van der Waals surface area contributed by atoms with E-state index in [-0.39, 0.29) is 11.7 Å². The number of hydrogen-bond donors (Lipinski definition) is 2. The molecule has 0 aromatic heterocycles. The average molecular weight is 321 g/mol. The largest absolute Gasteiger partial charge is 0.355 e. The zero-order chi connectivity index (χ0) is 16.7. The first-order valence-corrected chi connectivity index (χ1v) is 8.52. The minimum absolute atomic E-state index is 0.0716. The summed E-state index contributed by atoms with van der Waals surface area (Å²) in [6.07, 6.45) is 2.93. The van der Waals surface area contributed by atoms with Crippen LogP contribution in [0, 0.1) is 5.82 Å². The molecular formula is C18H28FN3O. The molecule has 1 amide bonds. The first kappa shape index (κ1) is 17.9. The highest BCUT2D eigenvalue weighted by Gasteiger charge is 2.20. The Morgan fingerprint density at radius 3 is 2.52 bits per heavy atom. The van der Waals surface area contributed by atoms with E-state index in [1.165, 1.54) is 12.1 Å². The van der Waals surface area contributed by atoms with Gasteiger partial charge in [0.2, 0.25) is 5.91 Å². The Labute approximate surface area is 138 Å². The van der Waals surface area contributed by atoms with E-state index in [2.05, 4.69) is 29.4 Å². The van der Waals surface area contributed by atoms with Crippen LogP contribution in [0.15, 0.2) is 24.3 Å². The quantitative estimate of drug-likeness (QED) is 0.807. The molecule has 128 valence electrons. The van der Waals surface area contributed by atoms with Crippen molar-refractivity contribution >= 4 is 5.91 Å². The van der Waals surface area contributed by atoms with Gasteiger partial charge in [-0.3, -0.25) is 9.69 Å². The molecule has 23 heavy (non-hydrogen) atoms. The monoisotopic (exact) mass is 321 g/mol. The Morgan fingerprint density at radius 1 is 1.26 bits per heavy atom. The Balaban J connectivity index is 1.61. The molecule has 0 bridgehead atoms. The lowest BCUT2D eigenvalue weighted by Crippen LogP contribution is -2.47. The summed E-state index contributed by atoms with van der Waals surface area (Å²) >= 11 is 0. The summed E-state index contributed by atoms with van der Waals surface area (Å²) in [5, 5.41) is 6.50. The first-order chi connectivity index (χ1) is 11.0. The van der Waals surface area contributed by atoms with E-state index in [0.717, 1.165) is 37.9 Å². The molecule has 1 fully saturated rings. The fourth-order valence-corrected chi connectivity index (χ4v) is 2.99. The van der Waals surface area contributed by atoms with Crippen LogP contribution >= 0.6 is 0 Å². The molecule has 1 aromatic carbocycles. The summed E-state index contributed by atoms with van der Waals surface area (Å²) < 4.78 is 12.8. The van der Waals surface area contributed by atoms with Crippen molar-refractivity contribution in [2.24, 2.45) is 0 Å². The summed E-state index contributed by atoms with van der Waals surface area (Å²) in [6, 6.07) is 7.51. The molecule has 1 heterocycles. The van der Waals surface area contributed by atoms with E-state index in [4.69, 9.17) is 0 Å². The maximum atomic E-state index is 12.8. The van der Waals surface area contributed by atoms with Gasteiger partial charge in [0.15, 0.2) is 0 Å². The summed E-state index contributed by atoms with van der Waals surface area (Å²) in [5.41, 5.74) is 1.03. The molecule has 0 aliphatic carbocycles. The highest BCUT2D eigenvalue weighted by atomic mass is 19.1. The number of nitrogens with one attached hydrogen (secondary N) is 2. The molecule has 1 aromatic rings. The fraction of sp³-hybridized carbons (Fsp3) is 0.611. The van der Waals surface area contributed by atoms with Crippen molar-refractivity contribution in [2.45, 2.75) is 45.2 Å². The van der Waals surface area contributed by atoms with E-state index in [1.54, 1.807) is 12.1 Å². The number of benzene rings is 1. The van der Waals surface area contributed by atoms with E-state index < -0.39 is 0 Å². The SMILES string of the molecule is CC(C)NC1CCN(CC(=O)NCCc2ccc(F)cc2)CC1. The number of carbonyl (C=O) groups excluding carboxylic acids is 1. The van der Waals surface area contributed by atoms with Gasteiger partial charge >= 0.3 is 0 Å². The molecule has 2 N–H and O–H groups in total. The van der Waals surface area contributed by atoms with Crippen LogP contribution in [0.1, 0.15) is 32.3 Å². The van der Waals surface area contributed by atoms with Gasteiger partial charge in [0.1, 0.15) is 5.82 Å². The molecule has 4 nitrogen and oxygen atoms in total. The van der Waals surface area contributed by atoms with Crippen molar-refractivity contribution < 1.29 is 9.18 Å². The Bertz CT molecular complexity index is 482. The van der Waals surface area contributed by atoms with Crippen molar-refractivity contribution in [3.8, 4) is 0 Å². The molecule has 0 saturated carbocycles. The van der Waals surface area contributed by atoms with Gasteiger partial charge < -0.3 is 10.6 Å². The van der Waals surface area contributed by atoms with Crippen molar-refractivity contribution in [1.29, 1.82) is 0 Å². The van der Waals surface area contributed by atoms with Crippen molar-refractivity contribution in [1.82, 2.24) is 15.5 Å². The van der Waals surface area contributed by atoms with Crippen molar-refractivity contribution in [2.75, 3.05) is 26.2 Å². The lowest BCUT2D eigenvalue weighted by Gasteiger charge is -2.32. The third-order valence-corrected chi connectivity index (χ3v) is 4.17. The first-order valence-electron chi connectivity index (χ1n) is 8.52. The number of piperidine rings is 1. The molecule has 0 unspecified atom stereocenters. The van der Waals surface area contributed by atoms with Crippen molar-refractivity contribution in [3.63, 3.8) is 0 Å². The molecule has 1 aliphatic rings. The van der Waals surface area contributed by atoms with Crippen LogP contribution in [0.25, 0.3) is 0 Å². The Hall–Kier alpha value is -1.46. The van der Waals surface area contributed by atoms with Crippen LogP contribution in [-0.2, 0) is 11.2 Å². The third kappa shape index (κ3) is 6.67. The van der Waals surface area contributed by atoms with Gasteiger partial charge in [0.05, 0.1) is 6.54 Å². The second-order valence-electron chi connectivity index (χ2n) is 6.60. The smallest absolute Gasteiger partial charge is 0.234 e. The van der Waals surface area contributed by atoms with Crippen LogP contribution in [-0.4, -0.2) is 49.1 Å². The lowest BCUT2D eigenvalue weighted by atomic mass is 10.0. The van der Waals surface area contributed by atoms with Gasteiger partial charge in [-0.05, 0) is 37.0 Å². The van der Waals surface area contributed by atoms with E-state index in [1.807, 2.05) is 0 Å². The minimum Gasteiger partial charge on any atom is -0.355 e. The normalized spacial score (nSPS) is 16.7. The molecule has 0 radical (unpaired) electrons. The number of nitrogens with zero attached hydrogens (tertiary/aromatic N) is 1. The van der Waals surface area contributed by atoms with Gasteiger partial charge in [-0.25, -0.2) is 4.39 Å². The topological polar surface area (TPSA) is 44.4 Å². The van der Waals surface area contributed by atoms with Gasteiger partial charge in [-0.15, -0.1) is 0 Å². The van der Waals surface area contributed by atoms with Crippen LogP contribution in [0.3, 0.4) is 0 Å². The number of amides is 1. The zero-order valence-corrected chi connectivity index (χ0v) is 14.1. The van der Waals surface area contributed by atoms with E-state index >= 15 is 0 Å². The number of halogens is 1. The Morgan fingerprint density at radius 2 is 1.91 bits per heavy atom. The summed E-state index contributed by atoms with van der Waals surface area (Å²) in [6.45, 7) is 7.33. The average Bonchev–Trinajstić information content (AvgIpc) is 2.51. The van der Waals surface area contributed by atoms with Crippen LogP contribution < -0.4 is 10.6 Å². The van der Waals surface area contributed by atoms with Gasteiger partial charge in [-0.1, -0.05) is 26.0 Å². The standard InChI is InChI=1S/C18H28FN3O/c1-14(2)21-17-8-11-22(12-9-17)13-18(23)20-10-7-15-3-5-16(19)6-4-15/h3-6,14,17,21H,7-13H2,1-2H3,(H,20,23). The number of carbonyl (C=O) groups is 1. The maximum absolute atomic E-state index is 12.8. The molecule has 0 atom stereocenters. The highest BCUT2D eigenvalue weighted by molar-refractivity contribution is 5.78. The molecule has 1 saturated heterocycles. The van der Waals surface area contributed by atoms with Crippen LogP contribution in [0.5, 0.6) is 0 Å². The fourth-order valence-electron chi connectivity index (χ4n) is 2.99. The number of rotatable bonds is 7. The van der Waals surface area contributed by atoms with Gasteiger partial charge in [0, 0.05) is 31.7 Å². The summed E-state index contributed by atoms with van der Waals surface area (Å²) in [5.74, 6) is -0.157. The van der Waals surface area contributed by atoms with Gasteiger partial charge in [-0.2, -0.15) is 0 Å². The number of hydrogen-bond acceptors (Lipinski definition) is 3. The summed E-state index contributed by atoms with van der Waals surface area (Å²) in [7, 11) is 0. The minimum atomic E-state index is -0.229. The molecule has 1 aliphatic heterocycles. The second kappa shape index (κ2) is 8.99. The molecular weight excluding hydrogens is 293 g/mol. The van der Waals surface area contributed by atoms with Crippen LogP contribution in [0.4, 0.5) is 4.39 Å². The third-order valence-electron chi connectivity index (χ3n) is 4.17. The lowest BCUT2D eigenvalue weighted by molar-refractivity contribution is -0.122. The van der Waals surface area contributed by atoms with E-state index in [9.17, 15) is 9.18 Å². The van der Waals surface area contributed by atoms with E-state index in [0.29, 0.717) is 25.2 Å². The zero-order valence-electron chi connectivity index (χ0n) is 14.1. The predicted octanol–water partition coefficient (Wildman–Crippen LogP) is 1.95. The second-order valence-corrected chi connectivity index (χ2v) is 6.60. The molecule has 0 spiro atoms. The van der Waals surface area contributed by atoms with Gasteiger partial charge in [0.25, 0.3) is 0 Å². The predicted molar refractivity (Wildman–Crippen MR) is 90.8 cm³/mol. The molecule has 5 heteroatoms. The highest BCUT2D eigenvalue weighted by Crippen LogP contribution is 2.10. The number of likely N-dealkylation sites (tertiary alicyclic amines) is 1.